The minimum Gasteiger partial charge on any atom is -0.475 e. The highest BCUT2D eigenvalue weighted by Gasteiger charge is 2.32. The Hall–Kier alpha value is -1.36. The number of rotatable bonds is 3. The molecule has 0 spiro atoms. The van der Waals surface area contributed by atoms with Crippen LogP contribution in [-0.2, 0) is 11.2 Å². The molecule has 0 unspecified atom stereocenters. The van der Waals surface area contributed by atoms with E-state index < -0.39 is 5.97 Å². The summed E-state index contributed by atoms with van der Waals surface area (Å²) in [6.45, 7) is 4.49. The Labute approximate surface area is 93.4 Å². The Morgan fingerprint density at radius 1 is 1.62 bits per heavy atom. The highest BCUT2D eigenvalue weighted by atomic mass is 16.5. The van der Waals surface area contributed by atoms with Crippen LogP contribution in [0.25, 0.3) is 0 Å². The number of hydrogen-bond donors (Lipinski definition) is 1. The van der Waals surface area contributed by atoms with Crippen LogP contribution in [0.3, 0.4) is 0 Å². The van der Waals surface area contributed by atoms with Gasteiger partial charge in [0.2, 0.25) is 11.7 Å². The van der Waals surface area contributed by atoms with Crippen LogP contribution in [0.15, 0.2) is 4.42 Å². The molecule has 5 heteroatoms. The highest BCUT2D eigenvalue weighted by Crippen LogP contribution is 2.31. The van der Waals surface area contributed by atoms with Crippen molar-refractivity contribution in [2.75, 3.05) is 6.61 Å². The minimum atomic E-state index is -1.05. The van der Waals surface area contributed by atoms with Crippen LogP contribution >= 0.6 is 0 Å². The molecule has 1 fully saturated rings. The first-order valence-electron chi connectivity index (χ1n) is 5.48. The SMILES string of the molecule is CCc1nc([C@@H]2CCO[C@@H]2C)oc1C(=O)O. The normalized spacial score (nSPS) is 24.9. The van der Waals surface area contributed by atoms with Crippen molar-refractivity contribution < 1.29 is 19.1 Å². The van der Waals surface area contributed by atoms with Crippen molar-refractivity contribution in [3.05, 3.63) is 17.3 Å². The van der Waals surface area contributed by atoms with E-state index in [2.05, 4.69) is 4.98 Å². The van der Waals surface area contributed by atoms with Crippen LogP contribution in [0.4, 0.5) is 0 Å². The highest BCUT2D eigenvalue weighted by molar-refractivity contribution is 5.85. The van der Waals surface area contributed by atoms with E-state index in [1.807, 2.05) is 13.8 Å². The lowest BCUT2D eigenvalue weighted by molar-refractivity contribution is 0.0655. The average molecular weight is 225 g/mol. The van der Waals surface area contributed by atoms with Crippen molar-refractivity contribution in [1.82, 2.24) is 4.98 Å². The van der Waals surface area contributed by atoms with Gasteiger partial charge < -0.3 is 14.3 Å². The number of oxazole rings is 1. The van der Waals surface area contributed by atoms with Crippen LogP contribution in [0.2, 0.25) is 0 Å². The van der Waals surface area contributed by atoms with Crippen LogP contribution in [0, 0.1) is 0 Å². The van der Waals surface area contributed by atoms with E-state index >= 15 is 0 Å². The molecular weight excluding hydrogens is 210 g/mol. The summed E-state index contributed by atoms with van der Waals surface area (Å²) in [4.78, 5) is 15.2. The summed E-state index contributed by atoms with van der Waals surface area (Å²) >= 11 is 0. The summed E-state index contributed by atoms with van der Waals surface area (Å²) in [5.41, 5.74) is 0.515. The molecule has 16 heavy (non-hydrogen) atoms. The molecule has 1 aromatic rings. The van der Waals surface area contributed by atoms with Crippen molar-refractivity contribution in [2.24, 2.45) is 0 Å². The molecule has 1 saturated heterocycles. The lowest BCUT2D eigenvalue weighted by Crippen LogP contribution is -2.09. The van der Waals surface area contributed by atoms with E-state index in [-0.39, 0.29) is 17.8 Å². The molecule has 0 aliphatic carbocycles. The monoisotopic (exact) mass is 225 g/mol. The molecule has 0 saturated carbocycles. The van der Waals surface area contributed by atoms with Gasteiger partial charge in [-0.25, -0.2) is 9.78 Å². The van der Waals surface area contributed by atoms with Gasteiger partial charge in [0, 0.05) is 6.61 Å². The lowest BCUT2D eigenvalue weighted by atomic mass is 10.0. The number of aryl methyl sites for hydroxylation is 1. The number of aromatic nitrogens is 1. The van der Waals surface area contributed by atoms with Gasteiger partial charge >= 0.3 is 5.97 Å². The van der Waals surface area contributed by atoms with Gasteiger partial charge in [-0.1, -0.05) is 6.92 Å². The third-order valence-corrected chi connectivity index (χ3v) is 2.94. The Bertz CT molecular complexity index is 399. The second kappa shape index (κ2) is 4.25. The van der Waals surface area contributed by atoms with Crippen LogP contribution < -0.4 is 0 Å². The van der Waals surface area contributed by atoms with Crippen molar-refractivity contribution >= 4 is 5.97 Å². The molecule has 5 nitrogen and oxygen atoms in total. The largest absolute Gasteiger partial charge is 0.475 e. The summed E-state index contributed by atoms with van der Waals surface area (Å²) in [5.74, 6) is -0.503. The lowest BCUT2D eigenvalue weighted by Gasteiger charge is -2.08. The zero-order valence-electron chi connectivity index (χ0n) is 9.40. The smallest absolute Gasteiger partial charge is 0.373 e. The van der Waals surface area contributed by atoms with Gasteiger partial charge in [-0.05, 0) is 19.8 Å². The number of carboxylic acids is 1. The predicted molar refractivity (Wildman–Crippen MR) is 55.6 cm³/mol. The predicted octanol–water partition coefficient (Wildman–Crippen LogP) is 1.83. The number of aromatic carboxylic acids is 1. The fourth-order valence-corrected chi connectivity index (χ4v) is 1.99. The summed E-state index contributed by atoms with van der Waals surface area (Å²) in [6, 6.07) is 0. The van der Waals surface area contributed by atoms with E-state index in [1.54, 1.807) is 0 Å². The average Bonchev–Trinajstić information content (AvgIpc) is 2.82. The fourth-order valence-electron chi connectivity index (χ4n) is 1.99. The molecule has 2 heterocycles. The van der Waals surface area contributed by atoms with Crippen LogP contribution in [-0.4, -0.2) is 28.8 Å². The first-order valence-corrected chi connectivity index (χ1v) is 5.48. The molecule has 2 atom stereocenters. The molecule has 2 rings (SSSR count). The molecule has 1 aromatic heterocycles. The molecule has 1 aliphatic rings. The zero-order valence-corrected chi connectivity index (χ0v) is 9.40. The maximum atomic E-state index is 10.9. The Balaban J connectivity index is 2.32. The second-order valence-corrected chi connectivity index (χ2v) is 3.96. The topological polar surface area (TPSA) is 72.6 Å². The maximum Gasteiger partial charge on any atom is 0.373 e. The quantitative estimate of drug-likeness (QED) is 0.849. The molecular formula is C11H15NO4. The number of carboxylic acid groups (broad SMARTS) is 1. The minimum absolute atomic E-state index is 0.0309. The van der Waals surface area contributed by atoms with Gasteiger partial charge in [0.15, 0.2) is 0 Å². The van der Waals surface area contributed by atoms with Gasteiger partial charge in [0.25, 0.3) is 0 Å². The van der Waals surface area contributed by atoms with Gasteiger partial charge in [0.1, 0.15) is 0 Å². The fraction of sp³-hybridized carbons (Fsp3) is 0.636. The Morgan fingerprint density at radius 2 is 2.38 bits per heavy atom. The van der Waals surface area contributed by atoms with Crippen LogP contribution in [0.1, 0.15) is 48.3 Å². The van der Waals surface area contributed by atoms with Crippen molar-refractivity contribution in [3.8, 4) is 0 Å². The molecule has 0 amide bonds. The molecule has 0 bridgehead atoms. The van der Waals surface area contributed by atoms with Gasteiger partial charge in [-0.2, -0.15) is 0 Å². The molecule has 0 aromatic carbocycles. The number of ether oxygens (including phenoxy) is 1. The van der Waals surface area contributed by atoms with E-state index in [9.17, 15) is 4.79 Å². The first kappa shape index (κ1) is 11.1. The second-order valence-electron chi connectivity index (χ2n) is 3.96. The summed E-state index contributed by atoms with van der Waals surface area (Å²) in [5, 5.41) is 8.95. The number of hydrogen-bond acceptors (Lipinski definition) is 4. The first-order chi connectivity index (χ1) is 7.63. The third kappa shape index (κ3) is 1.82. The van der Waals surface area contributed by atoms with Crippen molar-refractivity contribution in [2.45, 2.75) is 38.7 Å². The number of carbonyl (C=O) groups is 1. The molecule has 88 valence electrons. The summed E-state index contributed by atoms with van der Waals surface area (Å²) in [6.07, 6.45) is 1.45. The van der Waals surface area contributed by atoms with Gasteiger partial charge in [0.05, 0.1) is 17.7 Å². The van der Waals surface area contributed by atoms with E-state index in [0.29, 0.717) is 24.6 Å². The zero-order chi connectivity index (χ0) is 11.7. The molecule has 1 N–H and O–H groups in total. The third-order valence-electron chi connectivity index (χ3n) is 2.94. The Kier molecular flexibility index (Phi) is 2.96. The van der Waals surface area contributed by atoms with Crippen LogP contribution in [0.5, 0.6) is 0 Å². The Morgan fingerprint density at radius 3 is 2.81 bits per heavy atom. The van der Waals surface area contributed by atoms with Gasteiger partial charge in [-0.15, -0.1) is 0 Å². The van der Waals surface area contributed by atoms with E-state index in [0.717, 1.165) is 6.42 Å². The van der Waals surface area contributed by atoms with Crippen molar-refractivity contribution in [1.29, 1.82) is 0 Å². The van der Waals surface area contributed by atoms with Crippen molar-refractivity contribution in [3.63, 3.8) is 0 Å². The summed E-state index contributed by atoms with van der Waals surface area (Å²) < 4.78 is 10.7. The van der Waals surface area contributed by atoms with Gasteiger partial charge in [-0.3, -0.25) is 0 Å². The summed E-state index contributed by atoms with van der Waals surface area (Å²) in [7, 11) is 0. The standard InChI is InChI=1S/C11H15NO4/c1-3-8-9(11(13)14)16-10(12-8)7-4-5-15-6(7)2/h6-7H,3-5H2,1-2H3,(H,13,14)/t6-,7-/m1/s1. The van der Waals surface area contributed by atoms with E-state index in [4.69, 9.17) is 14.3 Å². The maximum absolute atomic E-state index is 10.9. The molecule has 1 aliphatic heterocycles. The molecule has 0 radical (unpaired) electrons. The van der Waals surface area contributed by atoms with E-state index in [1.165, 1.54) is 0 Å². The number of nitrogens with zero attached hydrogens (tertiary/aromatic N) is 1.